The van der Waals surface area contributed by atoms with Crippen molar-refractivity contribution < 1.29 is 0 Å². The van der Waals surface area contributed by atoms with Crippen LogP contribution in [0.1, 0.15) is 12.0 Å². The molecule has 0 atom stereocenters. The topological polar surface area (TPSA) is 58.8 Å². The predicted molar refractivity (Wildman–Crippen MR) is 153 cm³/mol. The standard InChI is InChI=1S/C32H26N4O/c37-32-24-28(25-13-5-1-6-14-25)23-31(27-17-9-3-10-18-27)36(32)35-30(26-15-7-2-8-16-26)21-22-33-34-29-19-11-4-12-20-29/h1-20,22-24,34H,21H2/b33-22+,35-30+. The number of hydrogen-bond donors (Lipinski definition) is 1. The van der Waals surface area contributed by atoms with Crippen LogP contribution in [0.2, 0.25) is 0 Å². The van der Waals surface area contributed by atoms with Gasteiger partial charge >= 0.3 is 0 Å². The molecule has 180 valence electrons. The first-order valence-electron chi connectivity index (χ1n) is 12.1. The van der Waals surface area contributed by atoms with E-state index in [0.29, 0.717) is 6.42 Å². The van der Waals surface area contributed by atoms with Gasteiger partial charge in [0.1, 0.15) is 0 Å². The molecule has 0 amide bonds. The Bertz CT molecular complexity index is 1560. The summed E-state index contributed by atoms with van der Waals surface area (Å²) >= 11 is 0. The van der Waals surface area contributed by atoms with Gasteiger partial charge in [0.25, 0.3) is 5.56 Å². The molecule has 4 aromatic carbocycles. The first-order valence-corrected chi connectivity index (χ1v) is 12.1. The maximum absolute atomic E-state index is 13.5. The molecule has 5 rings (SSSR count). The van der Waals surface area contributed by atoms with Crippen LogP contribution in [0.15, 0.2) is 148 Å². The van der Waals surface area contributed by atoms with Gasteiger partial charge in [-0.2, -0.15) is 14.9 Å². The van der Waals surface area contributed by atoms with Crippen molar-refractivity contribution >= 4 is 17.6 Å². The van der Waals surface area contributed by atoms with Crippen molar-refractivity contribution in [3.05, 3.63) is 149 Å². The maximum Gasteiger partial charge on any atom is 0.272 e. The first kappa shape index (κ1) is 23.7. The third-order valence-corrected chi connectivity index (χ3v) is 5.86. The van der Waals surface area contributed by atoms with Gasteiger partial charge in [0.05, 0.1) is 17.1 Å². The molecule has 5 nitrogen and oxygen atoms in total. The Balaban J connectivity index is 1.58. The Morgan fingerprint density at radius 3 is 1.89 bits per heavy atom. The average molecular weight is 483 g/mol. The summed E-state index contributed by atoms with van der Waals surface area (Å²) in [4.78, 5) is 13.5. The minimum atomic E-state index is -0.201. The normalized spacial score (nSPS) is 11.5. The molecule has 0 aliphatic carbocycles. The third-order valence-electron chi connectivity index (χ3n) is 5.86. The van der Waals surface area contributed by atoms with E-state index in [4.69, 9.17) is 5.10 Å². The Kier molecular flexibility index (Phi) is 7.43. The molecular formula is C32H26N4O. The second-order valence-corrected chi connectivity index (χ2v) is 8.42. The summed E-state index contributed by atoms with van der Waals surface area (Å²) in [6.45, 7) is 0. The van der Waals surface area contributed by atoms with E-state index in [1.807, 2.05) is 127 Å². The number of nitrogens with zero attached hydrogens (tertiary/aromatic N) is 3. The number of anilines is 1. The molecule has 0 bridgehead atoms. The van der Waals surface area contributed by atoms with Gasteiger partial charge in [-0.3, -0.25) is 10.2 Å². The number of aromatic nitrogens is 1. The fourth-order valence-electron chi connectivity index (χ4n) is 4.01. The zero-order valence-corrected chi connectivity index (χ0v) is 20.2. The maximum atomic E-state index is 13.5. The van der Waals surface area contributed by atoms with E-state index in [-0.39, 0.29) is 5.56 Å². The van der Waals surface area contributed by atoms with E-state index in [2.05, 4.69) is 10.5 Å². The van der Waals surface area contributed by atoms with Gasteiger partial charge in [-0.25, -0.2) is 0 Å². The van der Waals surface area contributed by atoms with E-state index in [9.17, 15) is 4.79 Å². The third kappa shape index (κ3) is 5.97. The number of nitrogens with one attached hydrogen (secondary N) is 1. The lowest BCUT2D eigenvalue weighted by Gasteiger charge is -2.13. The lowest BCUT2D eigenvalue weighted by Crippen LogP contribution is -2.20. The zero-order chi connectivity index (χ0) is 25.3. The zero-order valence-electron chi connectivity index (χ0n) is 20.2. The van der Waals surface area contributed by atoms with Crippen molar-refractivity contribution in [3.8, 4) is 22.4 Å². The van der Waals surface area contributed by atoms with Crippen molar-refractivity contribution in [2.75, 3.05) is 5.43 Å². The van der Waals surface area contributed by atoms with Crippen molar-refractivity contribution in [1.29, 1.82) is 0 Å². The molecule has 0 aliphatic heterocycles. The van der Waals surface area contributed by atoms with Crippen LogP contribution in [0, 0.1) is 0 Å². The molecule has 5 aromatic rings. The number of hydrogen-bond acceptors (Lipinski definition) is 4. The van der Waals surface area contributed by atoms with E-state index in [0.717, 1.165) is 39.3 Å². The van der Waals surface area contributed by atoms with Gasteiger partial charge < -0.3 is 0 Å². The minimum Gasteiger partial charge on any atom is -0.279 e. The largest absolute Gasteiger partial charge is 0.279 e. The summed E-state index contributed by atoms with van der Waals surface area (Å²) in [5, 5.41) is 9.25. The van der Waals surface area contributed by atoms with Crippen molar-refractivity contribution in [3.63, 3.8) is 0 Å². The Hall–Kier alpha value is -5.03. The number of hydrazone groups is 1. The van der Waals surface area contributed by atoms with Crippen molar-refractivity contribution in [2.24, 2.45) is 10.2 Å². The molecule has 37 heavy (non-hydrogen) atoms. The molecular weight excluding hydrogens is 456 g/mol. The Labute approximate surface area is 216 Å². The molecule has 0 saturated heterocycles. The molecule has 5 heteroatoms. The van der Waals surface area contributed by atoms with Gasteiger partial charge in [-0.15, -0.1) is 0 Å². The van der Waals surface area contributed by atoms with Crippen molar-refractivity contribution in [2.45, 2.75) is 6.42 Å². The SMILES string of the molecule is O=c1cc(-c2ccccc2)cc(-c2ccccc2)n1/N=C(\C/C=N/Nc1ccccc1)c1ccccc1. The molecule has 0 saturated carbocycles. The summed E-state index contributed by atoms with van der Waals surface area (Å²) in [5.74, 6) is 0. The average Bonchev–Trinajstić information content (AvgIpc) is 2.97. The fourth-order valence-corrected chi connectivity index (χ4v) is 4.01. The molecule has 1 N–H and O–H groups in total. The molecule has 1 heterocycles. The number of pyridine rings is 1. The number of rotatable bonds is 8. The molecule has 0 unspecified atom stereocenters. The lowest BCUT2D eigenvalue weighted by molar-refractivity contribution is 0.835. The summed E-state index contributed by atoms with van der Waals surface area (Å²) in [5.41, 5.74) is 8.85. The van der Waals surface area contributed by atoms with E-state index in [1.54, 1.807) is 12.3 Å². The highest BCUT2D eigenvalue weighted by atomic mass is 16.1. The van der Waals surface area contributed by atoms with Crippen LogP contribution in [-0.2, 0) is 0 Å². The van der Waals surface area contributed by atoms with Crippen LogP contribution in [-0.4, -0.2) is 16.6 Å². The number of para-hydroxylation sites is 1. The van der Waals surface area contributed by atoms with Gasteiger partial charge in [-0.05, 0) is 34.9 Å². The lowest BCUT2D eigenvalue weighted by atomic mass is 10.0. The highest BCUT2D eigenvalue weighted by molar-refractivity contribution is 6.07. The van der Waals surface area contributed by atoms with Crippen LogP contribution < -0.4 is 11.0 Å². The van der Waals surface area contributed by atoms with E-state index in [1.165, 1.54) is 4.68 Å². The van der Waals surface area contributed by atoms with Crippen LogP contribution >= 0.6 is 0 Å². The first-order chi connectivity index (χ1) is 18.3. The Morgan fingerprint density at radius 2 is 1.24 bits per heavy atom. The second kappa shape index (κ2) is 11.6. The van der Waals surface area contributed by atoms with Gasteiger partial charge in [0, 0.05) is 24.3 Å². The smallest absolute Gasteiger partial charge is 0.272 e. The van der Waals surface area contributed by atoms with Gasteiger partial charge in [-0.1, -0.05) is 109 Å². The Morgan fingerprint density at radius 1 is 0.676 bits per heavy atom. The minimum absolute atomic E-state index is 0.201. The molecule has 1 aromatic heterocycles. The summed E-state index contributed by atoms with van der Waals surface area (Å²) in [6, 6.07) is 43.0. The summed E-state index contributed by atoms with van der Waals surface area (Å²) in [6.07, 6.45) is 2.20. The molecule has 0 radical (unpaired) electrons. The predicted octanol–water partition coefficient (Wildman–Crippen LogP) is 6.92. The highest BCUT2D eigenvalue weighted by Crippen LogP contribution is 2.25. The highest BCUT2D eigenvalue weighted by Gasteiger charge is 2.12. The molecule has 0 aliphatic rings. The number of benzene rings is 4. The quantitative estimate of drug-likeness (QED) is 0.193. The van der Waals surface area contributed by atoms with Gasteiger partial charge in [0.15, 0.2) is 0 Å². The van der Waals surface area contributed by atoms with Gasteiger partial charge in [0.2, 0.25) is 0 Å². The van der Waals surface area contributed by atoms with Crippen molar-refractivity contribution in [1.82, 2.24) is 4.68 Å². The summed E-state index contributed by atoms with van der Waals surface area (Å²) in [7, 11) is 0. The second-order valence-electron chi connectivity index (χ2n) is 8.42. The fraction of sp³-hybridized carbons (Fsp3) is 0.0312. The van der Waals surface area contributed by atoms with Crippen LogP contribution in [0.3, 0.4) is 0 Å². The van der Waals surface area contributed by atoms with Crippen LogP contribution in [0.5, 0.6) is 0 Å². The van der Waals surface area contributed by atoms with Crippen LogP contribution in [0.4, 0.5) is 5.69 Å². The van der Waals surface area contributed by atoms with Crippen LogP contribution in [0.25, 0.3) is 22.4 Å². The summed E-state index contributed by atoms with van der Waals surface area (Å²) < 4.78 is 1.49. The van der Waals surface area contributed by atoms with E-state index < -0.39 is 0 Å². The van der Waals surface area contributed by atoms with E-state index >= 15 is 0 Å². The molecule has 0 spiro atoms. The monoisotopic (exact) mass is 482 g/mol. The molecule has 0 fully saturated rings.